The number of aromatic nitrogens is 1. The number of hydrogen-bond donors (Lipinski definition) is 0. The van der Waals surface area contributed by atoms with Gasteiger partial charge in [-0.05, 0) is 18.9 Å². The van der Waals surface area contributed by atoms with E-state index in [0.29, 0.717) is 25.5 Å². The van der Waals surface area contributed by atoms with Gasteiger partial charge < -0.3 is 9.47 Å². The number of rotatable bonds is 10. The van der Waals surface area contributed by atoms with E-state index in [1.54, 1.807) is 18.4 Å². The molecule has 0 bridgehead atoms. The lowest BCUT2D eigenvalue weighted by Gasteiger charge is -2.02. The molecule has 0 aliphatic carbocycles. The zero-order valence-corrected chi connectivity index (χ0v) is 13.2. The zero-order chi connectivity index (χ0) is 15.5. The first-order valence-corrected chi connectivity index (χ1v) is 7.71. The molecule has 0 fully saturated rings. The lowest BCUT2D eigenvalue weighted by Crippen LogP contribution is -2.05. The third-order valence-corrected chi connectivity index (χ3v) is 3.38. The van der Waals surface area contributed by atoms with Gasteiger partial charge in [-0.25, -0.2) is 9.78 Å². The van der Waals surface area contributed by atoms with Crippen LogP contribution in [0.1, 0.15) is 28.8 Å². The maximum atomic E-state index is 11.5. The standard InChI is InChI=1S/C16H21NO3S/c1-4-6-8-13(3)11-19-10-7-9-15-17-14(12-21-15)16(18)20-5-2/h4,6,8,12H,1,3,5,7,9-11H2,2H3/b8-6-. The molecule has 21 heavy (non-hydrogen) atoms. The summed E-state index contributed by atoms with van der Waals surface area (Å²) in [5.41, 5.74) is 1.30. The molecule has 114 valence electrons. The molecule has 0 aromatic carbocycles. The van der Waals surface area contributed by atoms with Crippen molar-refractivity contribution in [2.75, 3.05) is 19.8 Å². The summed E-state index contributed by atoms with van der Waals surface area (Å²) in [6.07, 6.45) is 7.06. The lowest BCUT2D eigenvalue weighted by molar-refractivity contribution is 0.0520. The maximum Gasteiger partial charge on any atom is 0.357 e. The Kier molecular flexibility index (Phi) is 8.31. The summed E-state index contributed by atoms with van der Waals surface area (Å²) in [6.45, 7) is 10.7. The molecule has 1 heterocycles. The summed E-state index contributed by atoms with van der Waals surface area (Å²) < 4.78 is 10.4. The van der Waals surface area contributed by atoms with Crippen LogP contribution >= 0.6 is 11.3 Å². The number of hydrogen-bond acceptors (Lipinski definition) is 5. The summed E-state index contributed by atoms with van der Waals surface area (Å²) in [5.74, 6) is -0.360. The van der Waals surface area contributed by atoms with Gasteiger partial charge in [0.25, 0.3) is 0 Å². The molecule has 0 radical (unpaired) electrons. The van der Waals surface area contributed by atoms with Crippen LogP contribution in [0.15, 0.2) is 42.3 Å². The maximum absolute atomic E-state index is 11.5. The fraction of sp³-hybridized carbons (Fsp3) is 0.375. The second kappa shape index (κ2) is 10.1. The van der Waals surface area contributed by atoms with Crippen molar-refractivity contribution in [3.05, 3.63) is 53.0 Å². The molecular formula is C16H21NO3S. The minimum atomic E-state index is -0.360. The monoisotopic (exact) mass is 307 g/mol. The second-order valence-corrected chi connectivity index (χ2v) is 5.20. The Hall–Kier alpha value is -1.72. The molecule has 0 N–H and O–H groups in total. The Balaban J connectivity index is 2.21. The minimum absolute atomic E-state index is 0.360. The van der Waals surface area contributed by atoms with Crippen LogP contribution < -0.4 is 0 Å². The van der Waals surface area contributed by atoms with E-state index in [9.17, 15) is 4.79 Å². The first kappa shape index (κ1) is 17.3. The average molecular weight is 307 g/mol. The fourth-order valence-electron chi connectivity index (χ4n) is 1.51. The van der Waals surface area contributed by atoms with E-state index in [4.69, 9.17) is 9.47 Å². The van der Waals surface area contributed by atoms with Crippen molar-refractivity contribution in [1.82, 2.24) is 4.98 Å². The number of carbonyl (C=O) groups excluding carboxylic acids is 1. The average Bonchev–Trinajstić information content (AvgIpc) is 2.94. The highest BCUT2D eigenvalue weighted by Crippen LogP contribution is 2.13. The number of ether oxygens (including phenoxy) is 2. The second-order valence-electron chi connectivity index (χ2n) is 4.26. The molecule has 0 aliphatic rings. The Morgan fingerprint density at radius 1 is 1.52 bits per heavy atom. The van der Waals surface area contributed by atoms with Gasteiger partial charge in [0.15, 0.2) is 5.69 Å². The molecule has 0 atom stereocenters. The van der Waals surface area contributed by atoms with E-state index in [1.807, 2.05) is 12.2 Å². The van der Waals surface area contributed by atoms with E-state index in [2.05, 4.69) is 18.1 Å². The van der Waals surface area contributed by atoms with Gasteiger partial charge >= 0.3 is 5.97 Å². The molecule has 4 nitrogen and oxygen atoms in total. The number of carbonyl (C=O) groups is 1. The number of allylic oxidation sites excluding steroid dienone is 2. The number of aryl methyl sites for hydroxylation is 1. The molecule has 0 saturated heterocycles. The number of nitrogens with zero attached hydrogens (tertiary/aromatic N) is 1. The number of esters is 1. The Labute approximate surface area is 129 Å². The highest BCUT2D eigenvalue weighted by molar-refractivity contribution is 7.09. The van der Waals surface area contributed by atoms with E-state index in [-0.39, 0.29) is 5.97 Å². The first-order chi connectivity index (χ1) is 10.2. The largest absolute Gasteiger partial charge is 0.461 e. The van der Waals surface area contributed by atoms with Gasteiger partial charge in [0.1, 0.15) is 0 Å². The first-order valence-electron chi connectivity index (χ1n) is 6.83. The van der Waals surface area contributed by atoms with Crippen LogP contribution in [-0.4, -0.2) is 30.8 Å². The van der Waals surface area contributed by atoms with Gasteiger partial charge in [-0.15, -0.1) is 11.3 Å². The van der Waals surface area contributed by atoms with E-state index < -0.39 is 0 Å². The SMILES string of the molecule is C=C/C=C\C(=C)COCCCc1nc(C(=O)OCC)cs1. The molecule has 0 amide bonds. The zero-order valence-electron chi connectivity index (χ0n) is 12.3. The Morgan fingerprint density at radius 3 is 3.05 bits per heavy atom. The van der Waals surface area contributed by atoms with Gasteiger partial charge in [0, 0.05) is 18.4 Å². The summed E-state index contributed by atoms with van der Waals surface area (Å²) >= 11 is 1.47. The van der Waals surface area contributed by atoms with Crippen LogP contribution in [0.25, 0.3) is 0 Å². The van der Waals surface area contributed by atoms with Crippen LogP contribution in [-0.2, 0) is 15.9 Å². The number of thiazole rings is 1. The third kappa shape index (κ3) is 7.02. The van der Waals surface area contributed by atoms with Gasteiger partial charge in [0.2, 0.25) is 0 Å². The Morgan fingerprint density at radius 2 is 2.33 bits per heavy atom. The smallest absolute Gasteiger partial charge is 0.357 e. The third-order valence-electron chi connectivity index (χ3n) is 2.47. The predicted molar refractivity (Wildman–Crippen MR) is 85.7 cm³/mol. The summed E-state index contributed by atoms with van der Waals surface area (Å²) in [7, 11) is 0. The van der Waals surface area contributed by atoms with E-state index in [0.717, 1.165) is 23.4 Å². The van der Waals surface area contributed by atoms with Crippen LogP contribution in [0.4, 0.5) is 0 Å². The normalized spacial score (nSPS) is 10.7. The fourth-order valence-corrected chi connectivity index (χ4v) is 2.32. The van der Waals surface area contributed by atoms with Crippen LogP contribution in [0.2, 0.25) is 0 Å². The van der Waals surface area contributed by atoms with Crippen molar-refractivity contribution >= 4 is 17.3 Å². The van der Waals surface area contributed by atoms with Gasteiger partial charge in [0.05, 0.1) is 18.2 Å². The van der Waals surface area contributed by atoms with Gasteiger partial charge in [-0.3, -0.25) is 0 Å². The van der Waals surface area contributed by atoms with Crippen molar-refractivity contribution in [3.8, 4) is 0 Å². The molecule has 0 spiro atoms. The quantitative estimate of drug-likeness (QED) is 0.377. The molecule has 1 aromatic rings. The van der Waals surface area contributed by atoms with E-state index in [1.165, 1.54) is 11.3 Å². The Bertz CT molecular complexity index is 505. The van der Waals surface area contributed by atoms with Crippen molar-refractivity contribution in [3.63, 3.8) is 0 Å². The van der Waals surface area contributed by atoms with Crippen LogP contribution in [0.3, 0.4) is 0 Å². The lowest BCUT2D eigenvalue weighted by atomic mass is 10.3. The van der Waals surface area contributed by atoms with Crippen molar-refractivity contribution in [2.24, 2.45) is 0 Å². The predicted octanol–water partition coefficient (Wildman–Crippen LogP) is 3.57. The van der Waals surface area contributed by atoms with Crippen LogP contribution in [0, 0.1) is 0 Å². The highest BCUT2D eigenvalue weighted by Gasteiger charge is 2.11. The minimum Gasteiger partial charge on any atom is -0.461 e. The molecule has 0 aliphatic heterocycles. The summed E-state index contributed by atoms with van der Waals surface area (Å²) in [5, 5.41) is 2.66. The molecular weight excluding hydrogens is 286 g/mol. The van der Waals surface area contributed by atoms with Gasteiger partial charge in [-0.1, -0.05) is 31.4 Å². The molecule has 1 aromatic heterocycles. The summed E-state index contributed by atoms with van der Waals surface area (Å²) in [6, 6.07) is 0. The van der Waals surface area contributed by atoms with Gasteiger partial charge in [-0.2, -0.15) is 0 Å². The van der Waals surface area contributed by atoms with E-state index >= 15 is 0 Å². The molecule has 1 rings (SSSR count). The molecule has 0 unspecified atom stereocenters. The van der Waals surface area contributed by atoms with Crippen molar-refractivity contribution in [2.45, 2.75) is 19.8 Å². The highest BCUT2D eigenvalue weighted by atomic mass is 32.1. The van der Waals surface area contributed by atoms with Crippen molar-refractivity contribution in [1.29, 1.82) is 0 Å². The summed E-state index contributed by atoms with van der Waals surface area (Å²) in [4.78, 5) is 15.7. The molecule has 0 saturated carbocycles. The van der Waals surface area contributed by atoms with Crippen LogP contribution in [0.5, 0.6) is 0 Å². The topological polar surface area (TPSA) is 48.4 Å². The molecule has 5 heteroatoms. The van der Waals surface area contributed by atoms with Crippen molar-refractivity contribution < 1.29 is 14.3 Å².